The van der Waals surface area contributed by atoms with E-state index in [-0.39, 0.29) is 11.7 Å². The van der Waals surface area contributed by atoms with Crippen LogP contribution in [0.25, 0.3) is 0 Å². The number of thioether (sulfide) groups is 1. The molecule has 1 aliphatic heterocycles. The zero-order chi connectivity index (χ0) is 22.1. The van der Waals surface area contributed by atoms with Crippen LogP contribution in [0.1, 0.15) is 41.0 Å². The van der Waals surface area contributed by atoms with Crippen LogP contribution in [0.15, 0.2) is 5.16 Å². The van der Waals surface area contributed by atoms with Crippen LogP contribution in [-0.2, 0) is 42.9 Å². The second-order valence-corrected chi connectivity index (χ2v) is 7.20. The van der Waals surface area contributed by atoms with Crippen LogP contribution in [0.5, 0.6) is 0 Å². The predicted molar refractivity (Wildman–Crippen MR) is 99.1 cm³/mol. The highest BCUT2D eigenvalue weighted by Gasteiger charge is 2.52. The van der Waals surface area contributed by atoms with Crippen molar-refractivity contribution in [3.8, 4) is 0 Å². The Morgan fingerprint density at radius 3 is 1.86 bits per heavy atom. The fourth-order valence-corrected chi connectivity index (χ4v) is 3.62. The van der Waals surface area contributed by atoms with E-state index in [1.54, 1.807) is 6.92 Å². The first-order chi connectivity index (χ1) is 13.6. The summed E-state index contributed by atoms with van der Waals surface area (Å²) in [7, 11) is 0. The lowest BCUT2D eigenvalue weighted by molar-refractivity contribution is -0.237. The fourth-order valence-electron chi connectivity index (χ4n) is 2.60. The molecule has 0 aromatic carbocycles. The summed E-state index contributed by atoms with van der Waals surface area (Å²) in [5.41, 5.74) is -0.999. The van der Waals surface area contributed by atoms with Gasteiger partial charge < -0.3 is 28.9 Å². The molecular formula is C17H25NO10S. The minimum atomic E-state index is -1.25. The summed E-state index contributed by atoms with van der Waals surface area (Å²) in [6, 6.07) is 0. The second-order valence-electron chi connectivity index (χ2n) is 6.03. The molecule has 11 nitrogen and oxygen atoms in total. The van der Waals surface area contributed by atoms with Crippen molar-refractivity contribution in [3.05, 3.63) is 0 Å². The second kappa shape index (κ2) is 11.6. The van der Waals surface area contributed by atoms with Gasteiger partial charge in [-0.2, -0.15) is 0 Å². The van der Waals surface area contributed by atoms with Gasteiger partial charge in [-0.3, -0.25) is 19.2 Å². The van der Waals surface area contributed by atoms with Crippen molar-refractivity contribution in [1.29, 1.82) is 0 Å². The minimum Gasteiger partial charge on any atom is -0.463 e. The Labute approximate surface area is 172 Å². The number of carbonyl (C=O) groups excluding carboxylic acids is 4. The number of carbonyl (C=O) groups is 4. The first-order valence-electron chi connectivity index (χ1n) is 8.77. The van der Waals surface area contributed by atoms with Gasteiger partial charge in [0.25, 0.3) is 0 Å². The predicted octanol–water partition coefficient (Wildman–Crippen LogP) is 1.00. The lowest BCUT2D eigenvalue weighted by atomic mass is 9.99. The molecule has 0 aromatic rings. The molecule has 29 heavy (non-hydrogen) atoms. The average Bonchev–Trinajstić information content (AvgIpc) is 2.61. The van der Waals surface area contributed by atoms with E-state index in [9.17, 15) is 19.2 Å². The van der Waals surface area contributed by atoms with Crippen molar-refractivity contribution < 1.29 is 48.1 Å². The van der Waals surface area contributed by atoms with Gasteiger partial charge in [-0.25, -0.2) is 0 Å². The first-order valence-corrected chi connectivity index (χ1v) is 9.65. The molecule has 164 valence electrons. The van der Waals surface area contributed by atoms with Crippen LogP contribution in [0.2, 0.25) is 0 Å². The molecule has 1 N–H and O–H groups in total. The van der Waals surface area contributed by atoms with Crippen LogP contribution in [-0.4, -0.2) is 70.6 Å². The van der Waals surface area contributed by atoms with E-state index in [1.165, 1.54) is 6.92 Å². The van der Waals surface area contributed by atoms with Crippen molar-refractivity contribution in [2.24, 2.45) is 5.16 Å². The topological polar surface area (TPSA) is 147 Å². The summed E-state index contributed by atoms with van der Waals surface area (Å²) >= 11 is 0.934. The molecule has 0 aromatic heterocycles. The van der Waals surface area contributed by atoms with E-state index in [2.05, 4.69) is 5.16 Å². The Kier molecular flexibility index (Phi) is 9.89. The molecule has 5 unspecified atom stereocenters. The van der Waals surface area contributed by atoms with Gasteiger partial charge in [0.05, 0.1) is 0 Å². The number of ether oxygens (including phenoxy) is 5. The van der Waals surface area contributed by atoms with E-state index in [0.717, 1.165) is 32.5 Å². The Hall–Kier alpha value is -2.34. The Balaban J connectivity index is 3.35. The zero-order valence-electron chi connectivity index (χ0n) is 16.8. The fraction of sp³-hybridized carbons (Fsp3) is 0.706. The summed E-state index contributed by atoms with van der Waals surface area (Å²) in [5.74, 6) is -2.72. The molecule has 0 aliphatic carbocycles. The molecule has 1 fully saturated rings. The lowest BCUT2D eigenvalue weighted by Gasteiger charge is -2.44. The van der Waals surface area contributed by atoms with E-state index in [1.807, 2.05) is 0 Å². The molecule has 0 bridgehead atoms. The molecule has 1 aliphatic rings. The maximum Gasteiger partial charge on any atom is 0.303 e. The number of oxime groups is 1. The number of nitrogens with zero attached hydrogens (tertiary/aromatic N) is 1. The summed E-state index contributed by atoms with van der Waals surface area (Å²) in [6.07, 6.45) is -4.35. The lowest BCUT2D eigenvalue weighted by Crippen LogP contribution is -2.61. The van der Waals surface area contributed by atoms with Crippen molar-refractivity contribution in [1.82, 2.24) is 0 Å². The third kappa shape index (κ3) is 7.89. The van der Waals surface area contributed by atoms with Crippen LogP contribution >= 0.6 is 11.8 Å². The van der Waals surface area contributed by atoms with E-state index >= 15 is 0 Å². The molecule has 5 atom stereocenters. The molecule has 1 heterocycles. The average molecular weight is 435 g/mol. The van der Waals surface area contributed by atoms with Crippen molar-refractivity contribution in [3.63, 3.8) is 0 Å². The SMILES string of the molecule is CC/C(=N/O)SC1OC(COC(C)=O)C(OC(C)=O)C(OC(C)=O)C1OC(C)=O. The summed E-state index contributed by atoms with van der Waals surface area (Å²) < 4.78 is 26.7. The molecule has 1 saturated heterocycles. The summed E-state index contributed by atoms with van der Waals surface area (Å²) in [5, 5.41) is 12.5. The molecule has 0 saturated carbocycles. The van der Waals surface area contributed by atoms with Crippen molar-refractivity contribution >= 4 is 40.7 Å². The van der Waals surface area contributed by atoms with Crippen LogP contribution < -0.4 is 0 Å². The molecular weight excluding hydrogens is 410 g/mol. The molecule has 0 radical (unpaired) electrons. The smallest absolute Gasteiger partial charge is 0.303 e. The van der Waals surface area contributed by atoms with Gasteiger partial charge in [0.1, 0.15) is 23.2 Å². The van der Waals surface area contributed by atoms with Crippen molar-refractivity contribution in [2.75, 3.05) is 6.61 Å². The highest BCUT2D eigenvalue weighted by atomic mass is 32.2. The summed E-state index contributed by atoms with van der Waals surface area (Å²) in [6.45, 7) is 6.04. The van der Waals surface area contributed by atoms with Gasteiger partial charge in [-0.15, -0.1) is 0 Å². The quantitative estimate of drug-likeness (QED) is 0.152. The summed E-state index contributed by atoms with van der Waals surface area (Å²) in [4.78, 5) is 46.2. The van der Waals surface area contributed by atoms with E-state index < -0.39 is 53.7 Å². The van der Waals surface area contributed by atoms with E-state index in [4.69, 9.17) is 28.9 Å². The number of esters is 4. The number of rotatable bonds is 7. The van der Waals surface area contributed by atoms with Gasteiger partial charge >= 0.3 is 23.9 Å². The van der Waals surface area contributed by atoms with Crippen LogP contribution in [0, 0.1) is 0 Å². The van der Waals surface area contributed by atoms with Crippen molar-refractivity contribution in [2.45, 2.75) is 70.9 Å². The highest BCUT2D eigenvalue weighted by Crippen LogP contribution is 2.35. The monoisotopic (exact) mass is 435 g/mol. The van der Waals surface area contributed by atoms with E-state index in [0.29, 0.717) is 6.42 Å². The van der Waals surface area contributed by atoms with Gasteiger partial charge in [0.15, 0.2) is 18.3 Å². The first kappa shape index (κ1) is 24.7. The van der Waals surface area contributed by atoms with Gasteiger partial charge in [-0.05, 0) is 6.42 Å². The third-order valence-corrected chi connectivity index (χ3v) is 4.87. The van der Waals surface area contributed by atoms with Gasteiger partial charge in [0, 0.05) is 27.7 Å². The normalized spacial score (nSPS) is 26.9. The number of hydrogen-bond donors (Lipinski definition) is 1. The zero-order valence-corrected chi connectivity index (χ0v) is 17.6. The maximum atomic E-state index is 11.7. The van der Waals surface area contributed by atoms with Crippen LogP contribution in [0.4, 0.5) is 0 Å². The van der Waals surface area contributed by atoms with Crippen LogP contribution in [0.3, 0.4) is 0 Å². The minimum absolute atomic E-state index is 0.255. The van der Waals surface area contributed by atoms with Gasteiger partial charge in [0.2, 0.25) is 0 Å². The third-order valence-electron chi connectivity index (χ3n) is 3.61. The Bertz CT molecular complexity index is 652. The maximum absolute atomic E-state index is 11.7. The standard InChI is InChI=1S/C17H25NO10S/c1-6-13(18-23)29-17-16(27-11(5)22)15(26-10(4)21)14(25-9(3)20)12(28-17)7-24-8(2)19/h12,14-17,23H,6-7H2,1-5H3/b18-13-. The molecule has 1 rings (SSSR count). The van der Waals surface area contributed by atoms with Gasteiger partial charge in [-0.1, -0.05) is 23.8 Å². The Morgan fingerprint density at radius 1 is 0.897 bits per heavy atom. The molecule has 0 spiro atoms. The largest absolute Gasteiger partial charge is 0.463 e. The molecule has 12 heteroatoms. The molecule has 0 amide bonds. The highest BCUT2D eigenvalue weighted by molar-refractivity contribution is 8.14. The number of hydrogen-bond acceptors (Lipinski definition) is 12. The Morgan fingerprint density at radius 2 is 1.41 bits per heavy atom.